The second-order valence-electron chi connectivity index (χ2n) is 7.44. The minimum absolute atomic E-state index is 0.620. The van der Waals surface area contributed by atoms with E-state index in [1.54, 1.807) is 0 Å². The number of halogens is 1. The maximum atomic E-state index is 6.11. The second-order valence-corrected chi connectivity index (χ2v) is 7.88. The zero-order valence-electron chi connectivity index (χ0n) is 16.3. The van der Waals surface area contributed by atoms with Gasteiger partial charge in [0.2, 0.25) is 5.89 Å². The van der Waals surface area contributed by atoms with Crippen LogP contribution in [0, 0.1) is 20.8 Å². The molecule has 6 heteroatoms. The number of benzene rings is 1. The van der Waals surface area contributed by atoms with Crippen LogP contribution >= 0.6 is 11.6 Å². The Morgan fingerprint density at radius 3 is 2.63 bits per heavy atom. The molecule has 1 saturated carbocycles. The summed E-state index contributed by atoms with van der Waals surface area (Å²) >= 11 is 6.11. The molecule has 0 atom stereocenters. The summed E-state index contributed by atoms with van der Waals surface area (Å²) < 4.78 is 7.91. The van der Waals surface area contributed by atoms with Crippen molar-refractivity contribution in [1.29, 1.82) is 0 Å². The summed E-state index contributed by atoms with van der Waals surface area (Å²) in [6.07, 6.45) is 2.49. The molecule has 1 aliphatic rings. The molecule has 0 spiro atoms. The van der Waals surface area contributed by atoms with E-state index in [9.17, 15) is 0 Å². The molecule has 0 bridgehead atoms. The van der Waals surface area contributed by atoms with E-state index in [1.165, 1.54) is 24.1 Å². The lowest BCUT2D eigenvalue weighted by Crippen LogP contribution is -2.26. The number of hydrogen-bond acceptors (Lipinski definition) is 4. The van der Waals surface area contributed by atoms with Crippen molar-refractivity contribution in [2.75, 3.05) is 0 Å². The van der Waals surface area contributed by atoms with Crippen LogP contribution in [0.4, 0.5) is 0 Å². The van der Waals surface area contributed by atoms with Crippen molar-refractivity contribution in [3.05, 3.63) is 57.7 Å². The fourth-order valence-corrected chi connectivity index (χ4v) is 3.71. The molecule has 2 aromatic heterocycles. The van der Waals surface area contributed by atoms with E-state index in [4.69, 9.17) is 21.0 Å². The average molecular weight is 385 g/mol. The predicted molar refractivity (Wildman–Crippen MR) is 107 cm³/mol. The molecule has 2 heterocycles. The van der Waals surface area contributed by atoms with Crippen LogP contribution in [0.5, 0.6) is 0 Å². The van der Waals surface area contributed by atoms with Gasteiger partial charge in [-0.2, -0.15) is 5.10 Å². The van der Waals surface area contributed by atoms with E-state index < -0.39 is 0 Å². The minimum Gasteiger partial charge on any atom is -0.441 e. The van der Waals surface area contributed by atoms with Crippen molar-refractivity contribution in [2.45, 2.75) is 52.7 Å². The van der Waals surface area contributed by atoms with Gasteiger partial charge in [-0.3, -0.25) is 9.58 Å². The first-order valence-electron chi connectivity index (χ1n) is 9.37. The zero-order valence-corrected chi connectivity index (χ0v) is 17.0. The van der Waals surface area contributed by atoms with Gasteiger partial charge in [-0.25, -0.2) is 4.98 Å². The molecule has 0 unspecified atom stereocenters. The standard InChI is InChI=1S/C21H25ClN4O/c1-13-19(14(2)25(4)24-13)11-26(18-8-9-18)12-20-15(3)27-21(23-20)16-6-5-7-17(22)10-16/h5-7,10,18H,8-9,11-12H2,1-4H3. The Bertz CT molecular complexity index is 971. The number of oxazole rings is 1. The Hall–Kier alpha value is -2.11. The third kappa shape index (κ3) is 3.80. The molecule has 0 aliphatic heterocycles. The second kappa shape index (κ2) is 7.13. The number of nitrogens with zero attached hydrogens (tertiary/aromatic N) is 4. The maximum absolute atomic E-state index is 6.11. The lowest BCUT2D eigenvalue weighted by atomic mass is 10.1. The fraction of sp³-hybridized carbons (Fsp3) is 0.429. The van der Waals surface area contributed by atoms with Gasteiger partial charge in [0.05, 0.1) is 11.4 Å². The van der Waals surface area contributed by atoms with Crippen molar-refractivity contribution in [3.63, 3.8) is 0 Å². The van der Waals surface area contributed by atoms with Crippen LogP contribution in [0.15, 0.2) is 28.7 Å². The van der Waals surface area contributed by atoms with Gasteiger partial charge in [-0.1, -0.05) is 17.7 Å². The third-order valence-corrected chi connectivity index (χ3v) is 5.64. The molecule has 0 saturated heterocycles. The summed E-state index contributed by atoms with van der Waals surface area (Å²) in [7, 11) is 2.01. The quantitative estimate of drug-likeness (QED) is 0.611. The van der Waals surface area contributed by atoms with Gasteiger partial charge in [0, 0.05) is 48.0 Å². The van der Waals surface area contributed by atoms with E-state index in [-0.39, 0.29) is 0 Å². The molecule has 1 aromatic carbocycles. The zero-order chi connectivity index (χ0) is 19.1. The Kier molecular flexibility index (Phi) is 4.82. The summed E-state index contributed by atoms with van der Waals surface area (Å²) in [6, 6.07) is 8.26. The molecular formula is C21H25ClN4O. The highest BCUT2D eigenvalue weighted by Crippen LogP contribution is 2.32. The van der Waals surface area contributed by atoms with Gasteiger partial charge in [0.1, 0.15) is 5.76 Å². The van der Waals surface area contributed by atoms with Gasteiger partial charge in [-0.15, -0.1) is 0 Å². The van der Waals surface area contributed by atoms with Crippen molar-refractivity contribution in [1.82, 2.24) is 19.7 Å². The molecule has 0 radical (unpaired) electrons. The normalized spacial score (nSPS) is 14.3. The van der Waals surface area contributed by atoms with Gasteiger partial charge in [0.25, 0.3) is 0 Å². The van der Waals surface area contributed by atoms with E-state index in [1.807, 2.05) is 42.9 Å². The smallest absolute Gasteiger partial charge is 0.226 e. The highest BCUT2D eigenvalue weighted by molar-refractivity contribution is 6.30. The monoisotopic (exact) mass is 384 g/mol. The van der Waals surface area contributed by atoms with Crippen molar-refractivity contribution >= 4 is 11.6 Å². The summed E-state index contributed by atoms with van der Waals surface area (Å²) in [5.41, 5.74) is 5.57. The van der Waals surface area contributed by atoms with E-state index >= 15 is 0 Å². The van der Waals surface area contributed by atoms with E-state index in [2.05, 4.69) is 23.8 Å². The Morgan fingerprint density at radius 2 is 2.00 bits per heavy atom. The lowest BCUT2D eigenvalue weighted by Gasteiger charge is -2.21. The number of aromatic nitrogens is 3. The Labute approximate surface area is 165 Å². The van der Waals surface area contributed by atoms with Crippen LogP contribution in [0.3, 0.4) is 0 Å². The van der Waals surface area contributed by atoms with E-state index in [0.717, 1.165) is 35.8 Å². The molecule has 1 fully saturated rings. The van der Waals surface area contributed by atoms with Crippen molar-refractivity contribution in [2.24, 2.45) is 7.05 Å². The highest BCUT2D eigenvalue weighted by Gasteiger charge is 2.31. The molecular weight excluding hydrogens is 360 g/mol. The third-order valence-electron chi connectivity index (χ3n) is 5.40. The Balaban J connectivity index is 1.58. The maximum Gasteiger partial charge on any atom is 0.226 e. The van der Waals surface area contributed by atoms with E-state index in [0.29, 0.717) is 17.0 Å². The number of hydrogen-bond donors (Lipinski definition) is 0. The van der Waals surface area contributed by atoms with Crippen LogP contribution in [-0.2, 0) is 20.1 Å². The van der Waals surface area contributed by atoms with Crippen LogP contribution in [-0.4, -0.2) is 25.7 Å². The molecule has 1 aliphatic carbocycles. The molecule has 3 aromatic rings. The first-order valence-corrected chi connectivity index (χ1v) is 9.75. The molecule has 5 nitrogen and oxygen atoms in total. The predicted octanol–water partition coefficient (Wildman–Crippen LogP) is 4.82. The molecule has 0 amide bonds. The molecule has 142 valence electrons. The molecule has 4 rings (SSSR count). The first kappa shape index (κ1) is 18.3. The van der Waals surface area contributed by atoms with Crippen LogP contribution in [0.25, 0.3) is 11.5 Å². The van der Waals surface area contributed by atoms with Crippen LogP contribution in [0.2, 0.25) is 5.02 Å². The van der Waals surface area contributed by atoms with Crippen LogP contribution in [0.1, 0.15) is 41.2 Å². The molecule has 0 N–H and O–H groups in total. The first-order chi connectivity index (χ1) is 12.9. The molecule has 27 heavy (non-hydrogen) atoms. The number of aryl methyl sites for hydroxylation is 3. The van der Waals surface area contributed by atoms with Gasteiger partial charge >= 0.3 is 0 Å². The lowest BCUT2D eigenvalue weighted by molar-refractivity contribution is 0.241. The Morgan fingerprint density at radius 1 is 1.22 bits per heavy atom. The summed E-state index contributed by atoms with van der Waals surface area (Å²) in [6.45, 7) is 7.90. The summed E-state index contributed by atoms with van der Waals surface area (Å²) in [5.74, 6) is 1.50. The van der Waals surface area contributed by atoms with Crippen molar-refractivity contribution < 1.29 is 4.42 Å². The van der Waals surface area contributed by atoms with Crippen molar-refractivity contribution in [3.8, 4) is 11.5 Å². The fourth-order valence-electron chi connectivity index (χ4n) is 3.52. The minimum atomic E-state index is 0.620. The number of rotatable bonds is 6. The van der Waals surface area contributed by atoms with Crippen LogP contribution < -0.4 is 0 Å². The topological polar surface area (TPSA) is 47.1 Å². The SMILES string of the molecule is Cc1nn(C)c(C)c1CN(Cc1nc(-c2cccc(Cl)c2)oc1C)C1CC1. The van der Waals surface area contributed by atoms with Gasteiger partial charge in [-0.05, 0) is 51.8 Å². The summed E-state index contributed by atoms with van der Waals surface area (Å²) in [5, 5.41) is 5.25. The largest absolute Gasteiger partial charge is 0.441 e. The average Bonchev–Trinajstić information content (AvgIpc) is 3.37. The highest BCUT2D eigenvalue weighted by atomic mass is 35.5. The summed E-state index contributed by atoms with van der Waals surface area (Å²) in [4.78, 5) is 7.28. The van der Waals surface area contributed by atoms with Gasteiger partial charge in [0.15, 0.2) is 0 Å². The van der Waals surface area contributed by atoms with Gasteiger partial charge < -0.3 is 4.42 Å².